The molecular weight excluding hydrogens is 451 g/mol. The van der Waals surface area contributed by atoms with Crippen LogP contribution in [0.15, 0.2) is 65.2 Å². The summed E-state index contributed by atoms with van der Waals surface area (Å²) >= 11 is 0. The predicted molar refractivity (Wildman–Crippen MR) is 128 cm³/mol. The van der Waals surface area contributed by atoms with Gasteiger partial charge in [0, 0.05) is 50.4 Å². The highest BCUT2D eigenvalue weighted by molar-refractivity contribution is 5.92. The van der Waals surface area contributed by atoms with Gasteiger partial charge in [-0.1, -0.05) is 29.4 Å². The Morgan fingerprint density at radius 3 is 2.57 bits per heavy atom. The maximum absolute atomic E-state index is 13.7. The Morgan fingerprint density at radius 2 is 1.89 bits per heavy atom. The molecule has 2 aromatic carbocycles. The Morgan fingerprint density at radius 1 is 1.11 bits per heavy atom. The lowest BCUT2D eigenvalue weighted by atomic mass is 10.1. The molecule has 2 aliphatic rings. The summed E-state index contributed by atoms with van der Waals surface area (Å²) in [5, 5.41) is 18.2. The van der Waals surface area contributed by atoms with Crippen molar-refractivity contribution in [2.75, 3.05) is 31.1 Å². The number of rotatable bonds is 6. The molecule has 4 atom stereocenters. The number of hydrogen-bond acceptors (Lipinski definition) is 7. The number of aliphatic hydroxyl groups excluding tert-OH is 1. The maximum atomic E-state index is 13.7. The Labute approximate surface area is 203 Å². The van der Waals surface area contributed by atoms with Crippen LogP contribution in [0.1, 0.15) is 22.7 Å². The number of aromatic nitrogens is 1. The van der Waals surface area contributed by atoms with E-state index in [1.165, 1.54) is 12.1 Å². The Kier molecular flexibility index (Phi) is 6.70. The fourth-order valence-electron chi connectivity index (χ4n) is 5.07. The molecule has 0 unspecified atom stereocenters. The number of halogens is 1. The molecule has 1 aliphatic carbocycles. The molecule has 1 aliphatic heterocycles. The van der Waals surface area contributed by atoms with Crippen LogP contribution in [0.25, 0.3) is 0 Å². The first-order chi connectivity index (χ1) is 17.0. The van der Waals surface area contributed by atoms with Crippen LogP contribution >= 0.6 is 0 Å². The third kappa shape index (κ3) is 5.16. The van der Waals surface area contributed by atoms with E-state index in [0.717, 1.165) is 31.9 Å². The van der Waals surface area contributed by atoms with Gasteiger partial charge in [-0.2, -0.15) is 0 Å². The average Bonchev–Trinajstić information content (AvgIpc) is 3.43. The summed E-state index contributed by atoms with van der Waals surface area (Å²) in [4.78, 5) is 17.4. The van der Waals surface area contributed by atoms with Crippen molar-refractivity contribution in [1.29, 1.82) is 0 Å². The molecule has 1 amide bonds. The molecule has 0 radical (unpaired) electrons. The molecular formula is C26H29FN4O4. The predicted octanol–water partition coefficient (Wildman–Crippen LogP) is 2.62. The minimum atomic E-state index is -0.870. The van der Waals surface area contributed by atoms with E-state index in [9.17, 15) is 14.3 Å². The van der Waals surface area contributed by atoms with Crippen LogP contribution in [-0.2, 0) is 0 Å². The highest BCUT2D eigenvalue weighted by Gasteiger charge is 2.48. The van der Waals surface area contributed by atoms with Crippen LogP contribution in [0, 0.1) is 12.7 Å². The number of nitrogens with zero attached hydrogens (tertiary/aromatic N) is 3. The van der Waals surface area contributed by atoms with E-state index in [1.807, 2.05) is 18.2 Å². The van der Waals surface area contributed by atoms with Gasteiger partial charge in [0.2, 0.25) is 0 Å². The fraction of sp³-hybridized carbons (Fsp3) is 0.385. The van der Waals surface area contributed by atoms with Gasteiger partial charge in [-0.25, -0.2) is 4.39 Å². The van der Waals surface area contributed by atoms with Gasteiger partial charge in [-0.3, -0.25) is 9.69 Å². The molecule has 184 valence electrons. The molecule has 2 N–H and O–H groups in total. The Bertz CT molecular complexity index is 1150. The van der Waals surface area contributed by atoms with Gasteiger partial charge in [0.1, 0.15) is 29.5 Å². The van der Waals surface area contributed by atoms with Crippen molar-refractivity contribution in [2.24, 2.45) is 0 Å². The zero-order valence-electron chi connectivity index (χ0n) is 19.5. The first-order valence-corrected chi connectivity index (χ1v) is 11.9. The SMILES string of the molecule is Cc1cc(C(=O)N[C@@H]2C[C@@H](Oc3cccc(F)c3)[C@H](O)[C@H]2N2CCN(c3ccccc3)CC2)no1. The van der Waals surface area contributed by atoms with E-state index in [2.05, 4.69) is 32.4 Å². The van der Waals surface area contributed by atoms with Crippen LogP contribution < -0.4 is 15.0 Å². The van der Waals surface area contributed by atoms with Gasteiger partial charge >= 0.3 is 0 Å². The molecule has 0 spiro atoms. The lowest BCUT2D eigenvalue weighted by molar-refractivity contribution is 0.00527. The van der Waals surface area contributed by atoms with E-state index in [1.54, 1.807) is 25.1 Å². The van der Waals surface area contributed by atoms with Crippen molar-refractivity contribution in [2.45, 2.75) is 37.6 Å². The lowest BCUT2D eigenvalue weighted by Crippen LogP contribution is -2.59. The molecule has 2 fully saturated rings. The van der Waals surface area contributed by atoms with Crippen LogP contribution in [0.3, 0.4) is 0 Å². The van der Waals surface area contributed by atoms with E-state index in [0.29, 0.717) is 17.9 Å². The van der Waals surface area contributed by atoms with Crippen molar-refractivity contribution in [3.05, 3.63) is 77.9 Å². The van der Waals surface area contributed by atoms with Crippen molar-refractivity contribution in [3.8, 4) is 5.75 Å². The van der Waals surface area contributed by atoms with Crippen LogP contribution in [0.2, 0.25) is 0 Å². The summed E-state index contributed by atoms with van der Waals surface area (Å²) in [7, 11) is 0. The molecule has 1 aromatic heterocycles. The molecule has 9 heteroatoms. The van der Waals surface area contributed by atoms with E-state index >= 15 is 0 Å². The number of amides is 1. The van der Waals surface area contributed by atoms with Gasteiger partial charge in [0.15, 0.2) is 5.69 Å². The van der Waals surface area contributed by atoms with Crippen molar-refractivity contribution in [3.63, 3.8) is 0 Å². The number of benzene rings is 2. The third-order valence-corrected chi connectivity index (χ3v) is 6.75. The molecule has 1 saturated carbocycles. The molecule has 0 bridgehead atoms. The van der Waals surface area contributed by atoms with Crippen molar-refractivity contribution < 1.29 is 23.6 Å². The second-order valence-corrected chi connectivity index (χ2v) is 9.09. The molecule has 2 heterocycles. The second-order valence-electron chi connectivity index (χ2n) is 9.09. The summed E-state index contributed by atoms with van der Waals surface area (Å²) in [6, 6.07) is 16.9. The van der Waals surface area contributed by atoms with E-state index in [4.69, 9.17) is 9.26 Å². The summed E-state index contributed by atoms with van der Waals surface area (Å²) in [5.41, 5.74) is 1.36. The number of carbonyl (C=O) groups excluding carboxylic acids is 1. The number of piperazine rings is 1. The zero-order valence-corrected chi connectivity index (χ0v) is 19.5. The number of ether oxygens (including phenoxy) is 1. The average molecular weight is 481 g/mol. The number of anilines is 1. The smallest absolute Gasteiger partial charge is 0.273 e. The molecule has 8 nitrogen and oxygen atoms in total. The molecule has 1 saturated heterocycles. The number of aryl methyl sites for hydroxylation is 1. The molecule has 5 rings (SSSR count). The summed E-state index contributed by atoms with van der Waals surface area (Å²) in [5.74, 6) is 0.122. The highest BCUT2D eigenvalue weighted by Crippen LogP contribution is 2.31. The lowest BCUT2D eigenvalue weighted by Gasteiger charge is -2.42. The van der Waals surface area contributed by atoms with Gasteiger partial charge in [0.25, 0.3) is 5.91 Å². The number of aliphatic hydroxyl groups is 1. The normalized spacial score (nSPS) is 24.9. The van der Waals surface area contributed by atoms with Gasteiger partial charge in [-0.05, 0) is 31.2 Å². The largest absolute Gasteiger partial charge is 0.487 e. The van der Waals surface area contributed by atoms with Crippen LogP contribution in [-0.4, -0.2) is 71.5 Å². The summed E-state index contributed by atoms with van der Waals surface area (Å²) in [6.07, 6.45) is -1.09. The Hall–Kier alpha value is -3.43. The van der Waals surface area contributed by atoms with Crippen LogP contribution in [0.5, 0.6) is 5.75 Å². The van der Waals surface area contributed by atoms with Crippen molar-refractivity contribution >= 4 is 11.6 Å². The van der Waals surface area contributed by atoms with Crippen LogP contribution in [0.4, 0.5) is 10.1 Å². The third-order valence-electron chi connectivity index (χ3n) is 6.75. The monoisotopic (exact) mass is 480 g/mol. The number of nitrogens with one attached hydrogen (secondary N) is 1. The minimum Gasteiger partial charge on any atom is -0.487 e. The molecule has 3 aromatic rings. The van der Waals surface area contributed by atoms with Gasteiger partial charge in [-0.15, -0.1) is 0 Å². The number of para-hydroxylation sites is 1. The summed E-state index contributed by atoms with van der Waals surface area (Å²) < 4.78 is 24.7. The zero-order chi connectivity index (χ0) is 24.4. The standard InChI is InChI=1S/C26H29FN4O4/c1-17-14-22(29-35-17)26(33)28-21-16-23(34-20-9-5-6-18(27)15-20)25(32)24(21)31-12-10-30(11-13-31)19-7-3-2-4-8-19/h2-9,14-15,21,23-25,32H,10-13,16H2,1H3,(H,28,33)/t21-,23-,24+,25+/m1/s1. The van der Waals surface area contributed by atoms with E-state index < -0.39 is 18.0 Å². The summed E-state index contributed by atoms with van der Waals surface area (Å²) in [6.45, 7) is 4.76. The second kappa shape index (κ2) is 10.1. The number of carbonyl (C=O) groups is 1. The van der Waals surface area contributed by atoms with Gasteiger partial charge in [0.05, 0.1) is 12.1 Å². The number of hydrogen-bond donors (Lipinski definition) is 2. The fourth-order valence-corrected chi connectivity index (χ4v) is 5.07. The first-order valence-electron chi connectivity index (χ1n) is 11.9. The minimum absolute atomic E-state index is 0.194. The first kappa shape index (κ1) is 23.3. The topological polar surface area (TPSA) is 91.1 Å². The quantitative estimate of drug-likeness (QED) is 0.561. The Balaban J connectivity index is 1.32. The van der Waals surface area contributed by atoms with Gasteiger partial charge < -0.3 is 24.6 Å². The molecule has 35 heavy (non-hydrogen) atoms. The highest BCUT2D eigenvalue weighted by atomic mass is 19.1. The maximum Gasteiger partial charge on any atom is 0.273 e. The van der Waals surface area contributed by atoms with E-state index in [-0.39, 0.29) is 23.7 Å². The van der Waals surface area contributed by atoms with Crippen molar-refractivity contribution in [1.82, 2.24) is 15.4 Å².